The van der Waals surface area contributed by atoms with Crippen LogP contribution in [0.15, 0.2) is 16.9 Å². The zero-order valence-electron chi connectivity index (χ0n) is 20.6. The van der Waals surface area contributed by atoms with Crippen molar-refractivity contribution in [1.29, 1.82) is 0 Å². The monoisotopic (exact) mass is 506 g/mol. The SMILES string of the molecule is CCC1(O)C(=O)OCc2c1cc1n(c2=O)Cc2c-1nc1cc(F)c(C)c3c1c2C(NC(=O)CCN)CC3. The summed E-state index contributed by atoms with van der Waals surface area (Å²) >= 11 is 0. The predicted octanol–water partition coefficient (Wildman–Crippen LogP) is 1.98. The molecule has 1 aliphatic carbocycles. The van der Waals surface area contributed by atoms with Gasteiger partial charge < -0.3 is 25.5 Å². The number of ether oxygens (including phenoxy) is 1. The molecule has 0 bridgehead atoms. The number of rotatable bonds is 4. The highest BCUT2D eigenvalue weighted by Gasteiger charge is 2.46. The summed E-state index contributed by atoms with van der Waals surface area (Å²) in [7, 11) is 0. The van der Waals surface area contributed by atoms with E-state index in [-0.39, 0.29) is 67.0 Å². The Hall–Kier alpha value is -3.63. The minimum Gasteiger partial charge on any atom is -0.458 e. The van der Waals surface area contributed by atoms with Crippen LogP contribution in [0.4, 0.5) is 4.39 Å². The van der Waals surface area contributed by atoms with Crippen molar-refractivity contribution in [2.45, 2.75) is 64.3 Å². The van der Waals surface area contributed by atoms with Crippen LogP contribution in [-0.2, 0) is 39.5 Å². The number of nitrogens with one attached hydrogen (secondary N) is 1. The number of fused-ring (bicyclic) bond motifs is 5. The second-order valence-corrected chi connectivity index (χ2v) is 10.0. The largest absolute Gasteiger partial charge is 0.458 e. The molecule has 37 heavy (non-hydrogen) atoms. The molecule has 3 aromatic rings. The summed E-state index contributed by atoms with van der Waals surface area (Å²) in [6.45, 7) is 3.58. The third kappa shape index (κ3) is 3.21. The average Bonchev–Trinajstić information content (AvgIpc) is 3.24. The Morgan fingerprint density at radius 1 is 1.32 bits per heavy atom. The first-order chi connectivity index (χ1) is 17.7. The lowest BCUT2D eigenvalue weighted by molar-refractivity contribution is -0.172. The molecule has 0 fully saturated rings. The molecular formula is C27H27FN4O5. The number of hydrogen-bond donors (Lipinski definition) is 3. The molecule has 10 heteroatoms. The van der Waals surface area contributed by atoms with Crippen molar-refractivity contribution < 1.29 is 23.8 Å². The summed E-state index contributed by atoms with van der Waals surface area (Å²) in [6.07, 6.45) is 1.36. The molecule has 192 valence electrons. The van der Waals surface area contributed by atoms with Gasteiger partial charge in [-0.3, -0.25) is 9.59 Å². The van der Waals surface area contributed by atoms with Crippen LogP contribution in [0.1, 0.15) is 65.6 Å². The van der Waals surface area contributed by atoms with E-state index in [0.29, 0.717) is 35.3 Å². The maximum absolute atomic E-state index is 14.9. The zero-order valence-corrected chi connectivity index (χ0v) is 20.6. The molecule has 2 atom stereocenters. The van der Waals surface area contributed by atoms with Crippen LogP contribution >= 0.6 is 0 Å². The van der Waals surface area contributed by atoms with E-state index in [2.05, 4.69) is 5.32 Å². The molecule has 0 saturated carbocycles. The third-order valence-electron chi connectivity index (χ3n) is 8.08. The van der Waals surface area contributed by atoms with Crippen LogP contribution in [0.2, 0.25) is 0 Å². The van der Waals surface area contributed by atoms with Crippen molar-refractivity contribution in [3.63, 3.8) is 0 Å². The number of hydrogen-bond acceptors (Lipinski definition) is 7. The molecule has 9 nitrogen and oxygen atoms in total. The number of benzene rings is 1. The molecule has 0 radical (unpaired) electrons. The molecule has 0 spiro atoms. The standard InChI is InChI=1S/C27H27FN4O5/c1-3-27(36)16-8-20-24-14(10-32(20)25(34)15(16)11-37-26(27)35)23-18(30-21(33)6-7-29)5-4-13-12(2)17(28)9-19(31-24)22(13)23/h8-9,18,36H,3-7,10-11,29H2,1-2H3,(H,30,33). The second-order valence-electron chi connectivity index (χ2n) is 10.0. The Balaban J connectivity index is 1.63. The first kappa shape index (κ1) is 23.7. The van der Waals surface area contributed by atoms with Crippen LogP contribution in [0.3, 0.4) is 0 Å². The summed E-state index contributed by atoms with van der Waals surface area (Å²) in [5, 5.41) is 15.0. The first-order valence-corrected chi connectivity index (χ1v) is 12.5. The van der Waals surface area contributed by atoms with Gasteiger partial charge in [0.15, 0.2) is 5.60 Å². The lowest BCUT2D eigenvalue weighted by Crippen LogP contribution is -2.44. The van der Waals surface area contributed by atoms with Crippen molar-refractivity contribution in [1.82, 2.24) is 14.9 Å². The van der Waals surface area contributed by atoms with Crippen LogP contribution in [0, 0.1) is 12.7 Å². The Bertz CT molecular complexity index is 1600. The maximum atomic E-state index is 14.9. The van der Waals surface area contributed by atoms with Gasteiger partial charge in [-0.15, -0.1) is 0 Å². The molecule has 1 amide bonds. The fourth-order valence-electron chi connectivity index (χ4n) is 6.10. The first-order valence-electron chi connectivity index (χ1n) is 12.5. The van der Waals surface area contributed by atoms with Crippen LogP contribution in [-0.4, -0.2) is 33.1 Å². The molecule has 4 heterocycles. The number of nitrogens with zero attached hydrogens (tertiary/aromatic N) is 2. The number of pyridine rings is 2. The van der Waals surface area contributed by atoms with E-state index >= 15 is 0 Å². The second kappa shape index (κ2) is 8.19. The van der Waals surface area contributed by atoms with Gasteiger partial charge in [0.05, 0.1) is 35.1 Å². The lowest BCUT2D eigenvalue weighted by Gasteiger charge is -2.31. The normalized spacial score (nSPS) is 21.3. The Kier molecular flexibility index (Phi) is 5.26. The van der Waals surface area contributed by atoms with Gasteiger partial charge in [0.25, 0.3) is 5.56 Å². The van der Waals surface area contributed by atoms with Crippen molar-refractivity contribution in [2.75, 3.05) is 6.54 Å². The number of halogens is 1. The quantitative estimate of drug-likeness (QED) is 0.360. The van der Waals surface area contributed by atoms with E-state index in [1.807, 2.05) is 0 Å². The summed E-state index contributed by atoms with van der Waals surface area (Å²) in [5.41, 5.74) is 8.08. The van der Waals surface area contributed by atoms with Crippen molar-refractivity contribution in [3.05, 3.63) is 61.7 Å². The number of carbonyl (C=O) groups excluding carboxylic acids is 2. The molecule has 3 aliphatic rings. The van der Waals surface area contributed by atoms with E-state index in [0.717, 1.165) is 22.1 Å². The minimum absolute atomic E-state index is 0.0358. The van der Waals surface area contributed by atoms with E-state index in [1.54, 1.807) is 24.5 Å². The van der Waals surface area contributed by atoms with Crippen LogP contribution < -0.4 is 16.6 Å². The Morgan fingerprint density at radius 3 is 2.84 bits per heavy atom. The Labute approximate surface area is 211 Å². The van der Waals surface area contributed by atoms with E-state index in [1.165, 1.54) is 6.07 Å². The van der Waals surface area contributed by atoms with E-state index in [9.17, 15) is 23.9 Å². The Morgan fingerprint density at radius 2 is 2.11 bits per heavy atom. The van der Waals surface area contributed by atoms with Crippen molar-refractivity contribution in [3.8, 4) is 11.4 Å². The van der Waals surface area contributed by atoms with Gasteiger partial charge in [0.2, 0.25) is 5.91 Å². The van der Waals surface area contributed by atoms with Gasteiger partial charge >= 0.3 is 5.97 Å². The molecule has 6 rings (SSSR count). The zero-order chi connectivity index (χ0) is 26.2. The number of aryl methyl sites for hydroxylation is 1. The topological polar surface area (TPSA) is 137 Å². The number of aromatic nitrogens is 2. The highest BCUT2D eigenvalue weighted by molar-refractivity contribution is 5.94. The van der Waals surface area contributed by atoms with Gasteiger partial charge in [0.1, 0.15) is 12.4 Å². The van der Waals surface area contributed by atoms with Crippen LogP contribution in [0.5, 0.6) is 0 Å². The van der Waals surface area contributed by atoms with Gasteiger partial charge in [-0.2, -0.15) is 0 Å². The summed E-state index contributed by atoms with van der Waals surface area (Å²) in [6, 6.07) is 2.67. The van der Waals surface area contributed by atoms with Crippen molar-refractivity contribution >= 4 is 22.8 Å². The fourth-order valence-corrected chi connectivity index (χ4v) is 6.10. The number of cyclic esters (lactones) is 1. The third-order valence-corrected chi connectivity index (χ3v) is 8.08. The lowest BCUT2D eigenvalue weighted by atomic mass is 9.81. The van der Waals surface area contributed by atoms with Gasteiger partial charge in [0, 0.05) is 35.5 Å². The van der Waals surface area contributed by atoms with Gasteiger partial charge in [-0.05, 0) is 48.9 Å². The molecule has 4 N–H and O–H groups in total. The van der Waals surface area contributed by atoms with E-state index in [4.69, 9.17) is 15.5 Å². The van der Waals surface area contributed by atoms with Crippen molar-refractivity contribution in [2.24, 2.45) is 5.73 Å². The molecular weight excluding hydrogens is 479 g/mol. The van der Waals surface area contributed by atoms with Gasteiger partial charge in [-0.1, -0.05) is 6.92 Å². The number of aliphatic hydroxyl groups is 1. The maximum Gasteiger partial charge on any atom is 0.343 e. The number of carbonyl (C=O) groups is 2. The predicted molar refractivity (Wildman–Crippen MR) is 132 cm³/mol. The highest BCUT2D eigenvalue weighted by atomic mass is 19.1. The number of amides is 1. The number of nitrogens with two attached hydrogens (primary N) is 1. The molecule has 2 aliphatic heterocycles. The average molecular weight is 507 g/mol. The molecule has 2 aromatic heterocycles. The van der Waals surface area contributed by atoms with E-state index < -0.39 is 11.6 Å². The summed E-state index contributed by atoms with van der Waals surface area (Å²) < 4.78 is 21.6. The summed E-state index contributed by atoms with van der Waals surface area (Å²) in [5.74, 6) is -1.34. The molecule has 2 unspecified atom stereocenters. The summed E-state index contributed by atoms with van der Waals surface area (Å²) in [4.78, 5) is 43.4. The van der Waals surface area contributed by atoms with Gasteiger partial charge in [-0.25, -0.2) is 14.2 Å². The molecule has 0 saturated heterocycles. The fraction of sp³-hybridized carbons (Fsp3) is 0.407. The smallest absolute Gasteiger partial charge is 0.343 e. The minimum atomic E-state index is -1.94. The van der Waals surface area contributed by atoms with Crippen LogP contribution in [0.25, 0.3) is 22.3 Å². The molecule has 1 aromatic carbocycles. The highest BCUT2D eigenvalue weighted by Crippen LogP contribution is 2.45. The number of esters is 1.